The summed E-state index contributed by atoms with van der Waals surface area (Å²) in [6, 6.07) is 2.21. The van der Waals surface area contributed by atoms with Gasteiger partial charge in [0.1, 0.15) is 5.82 Å². The molecule has 0 bridgehead atoms. The molecule has 3 aliphatic rings. The topological polar surface area (TPSA) is 87.1 Å². The highest BCUT2D eigenvalue weighted by Crippen LogP contribution is 2.29. The first kappa shape index (κ1) is 19.9. The SMILES string of the molecule is O=C1N=C2C=CC=CC2C(=O)N1C1CCN(S(=O)(=O)c2ccc(F)c(Cl)c2)CC1. The van der Waals surface area contributed by atoms with Crippen LogP contribution in [0.1, 0.15) is 12.8 Å². The second kappa shape index (κ2) is 7.47. The van der Waals surface area contributed by atoms with Gasteiger partial charge in [-0.05, 0) is 37.1 Å². The highest BCUT2D eigenvalue weighted by Gasteiger charge is 2.41. The maximum atomic E-state index is 13.3. The number of carbonyl (C=O) groups excluding carboxylic acids is 2. The van der Waals surface area contributed by atoms with Gasteiger partial charge in [-0.2, -0.15) is 9.30 Å². The van der Waals surface area contributed by atoms with E-state index in [-0.39, 0.29) is 28.9 Å². The first-order valence-electron chi connectivity index (χ1n) is 9.05. The molecule has 1 atom stereocenters. The van der Waals surface area contributed by atoms with E-state index in [9.17, 15) is 22.4 Å². The van der Waals surface area contributed by atoms with Crippen molar-refractivity contribution < 1.29 is 22.4 Å². The molecule has 4 rings (SSSR count). The Morgan fingerprint density at radius 3 is 2.55 bits per heavy atom. The molecule has 7 nitrogen and oxygen atoms in total. The van der Waals surface area contributed by atoms with Crippen molar-refractivity contribution in [3.63, 3.8) is 0 Å². The molecule has 1 unspecified atom stereocenters. The third-order valence-corrected chi connectivity index (χ3v) is 7.44. The highest BCUT2D eigenvalue weighted by atomic mass is 35.5. The molecule has 1 saturated heterocycles. The normalized spacial score (nSPS) is 23.3. The van der Waals surface area contributed by atoms with Gasteiger partial charge in [0, 0.05) is 19.1 Å². The summed E-state index contributed by atoms with van der Waals surface area (Å²) in [4.78, 5) is 30.3. The number of hydrogen-bond acceptors (Lipinski definition) is 4. The molecule has 1 aliphatic carbocycles. The van der Waals surface area contributed by atoms with Crippen LogP contribution in [0.4, 0.5) is 9.18 Å². The molecular weight excluding hydrogens is 421 g/mol. The van der Waals surface area contributed by atoms with Crippen molar-refractivity contribution in [3.8, 4) is 0 Å². The lowest BCUT2D eigenvalue weighted by Crippen LogP contribution is -2.54. The number of allylic oxidation sites excluding steroid dienone is 3. The number of halogens is 2. The molecule has 2 aliphatic heterocycles. The average molecular weight is 438 g/mol. The van der Waals surface area contributed by atoms with Crippen LogP contribution in [-0.2, 0) is 14.8 Å². The van der Waals surface area contributed by atoms with Crippen LogP contribution in [0.2, 0.25) is 5.02 Å². The van der Waals surface area contributed by atoms with Crippen LogP contribution in [0.25, 0.3) is 0 Å². The molecular formula is C19H17ClFN3O4S. The average Bonchev–Trinajstić information content (AvgIpc) is 2.70. The van der Waals surface area contributed by atoms with E-state index in [4.69, 9.17) is 11.6 Å². The summed E-state index contributed by atoms with van der Waals surface area (Å²) in [5.41, 5.74) is 0.423. The van der Waals surface area contributed by atoms with Crippen molar-refractivity contribution in [1.82, 2.24) is 9.21 Å². The van der Waals surface area contributed by atoms with E-state index in [0.717, 1.165) is 17.0 Å². The number of carbonyl (C=O) groups is 2. The largest absolute Gasteiger partial charge is 0.350 e. The van der Waals surface area contributed by atoms with Crippen LogP contribution in [-0.4, -0.2) is 54.4 Å². The summed E-state index contributed by atoms with van der Waals surface area (Å²) in [5.74, 6) is -1.62. The molecule has 152 valence electrons. The fourth-order valence-corrected chi connectivity index (χ4v) is 5.46. The molecule has 1 fully saturated rings. The maximum Gasteiger partial charge on any atom is 0.350 e. The summed E-state index contributed by atoms with van der Waals surface area (Å²) >= 11 is 5.71. The van der Waals surface area contributed by atoms with E-state index in [2.05, 4.69) is 4.99 Å². The number of urea groups is 1. The zero-order valence-corrected chi connectivity index (χ0v) is 16.7. The second-order valence-corrected chi connectivity index (χ2v) is 9.31. The minimum atomic E-state index is -3.86. The van der Waals surface area contributed by atoms with Crippen LogP contribution in [0.5, 0.6) is 0 Å². The van der Waals surface area contributed by atoms with E-state index in [1.807, 2.05) is 0 Å². The number of piperidine rings is 1. The van der Waals surface area contributed by atoms with Crippen LogP contribution in [0.15, 0.2) is 52.4 Å². The number of fused-ring (bicyclic) bond motifs is 1. The predicted molar refractivity (Wildman–Crippen MR) is 105 cm³/mol. The molecule has 0 spiro atoms. The van der Waals surface area contributed by atoms with Crippen molar-refractivity contribution in [2.45, 2.75) is 23.8 Å². The van der Waals surface area contributed by atoms with Crippen molar-refractivity contribution in [3.05, 3.63) is 53.3 Å². The third-order valence-electron chi connectivity index (χ3n) is 5.25. The molecule has 0 N–H and O–H groups in total. The van der Waals surface area contributed by atoms with Gasteiger partial charge < -0.3 is 0 Å². The van der Waals surface area contributed by atoms with Crippen LogP contribution < -0.4 is 0 Å². The predicted octanol–water partition coefficient (Wildman–Crippen LogP) is 2.78. The van der Waals surface area contributed by atoms with Gasteiger partial charge in [-0.15, -0.1) is 0 Å². The number of hydrogen-bond donors (Lipinski definition) is 0. The molecule has 0 aromatic heterocycles. The quantitative estimate of drug-likeness (QED) is 0.727. The molecule has 10 heteroatoms. The Morgan fingerprint density at radius 2 is 1.86 bits per heavy atom. The number of sulfonamides is 1. The zero-order valence-electron chi connectivity index (χ0n) is 15.2. The van der Waals surface area contributed by atoms with E-state index in [1.165, 1.54) is 10.4 Å². The summed E-state index contributed by atoms with van der Waals surface area (Å²) < 4.78 is 40.2. The Bertz CT molecular complexity index is 1070. The van der Waals surface area contributed by atoms with Crippen LogP contribution in [0.3, 0.4) is 0 Å². The highest BCUT2D eigenvalue weighted by molar-refractivity contribution is 7.89. The number of nitrogens with zero attached hydrogens (tertiary/aromatic N) is 3. The maximum absolute atomic E-state index is 13.3. The molecule has 1 aromatic carbocycles. The van der Waals surface area contributed by atoms with Gasteiger partial charge in [-0.25, -0.2) is 17.6 Å². The summed E-state index contributed by atoms with van der Waals surface area (Å²) in [6.45, 7) is 0.242. The minimum absolute atomic E-state index is 0.0964. The van der Waals surface area contributed by atoms with Crippen molar-refractivity contribution in [2.24, 2.45) is 10.9 Å². The van der Waals surface area contributed by atoms with Gasteiger partial charge in [0.05, 0.1) is 21.5 Å². The lowest BCUT2D eigenvalue weighted by Gasteiger charge is -2.38. The third kappa shape index (κ3) is 3.54. The van der Waals surface area contributed by atoms with E-state index in [1.54, 1.807) is 24.3 Å². The number of imide groups is 1. The van der Waals surface area contributed by atoms with Crippen molar-refractivity contribution in [1.29, 1.82) is 0 Å². The molecule has 0 radical (unpaired) electrons. The number of benzene rings is 1. The van der Waals surface area contributed by atoms with Crippen LogP contribution in [0, 0.1) is 11.7 Å². The lowest BCUT2D eigenvalue weighted by atomic mass is 9.93. The van der Waals surface area contributed by atoms with E-state index < -0.39 is 33.8 Å². The molecule has 0 saturated carbocycles. The van der Waals surface area contributed by atoms with E-state index in [0.29, 0.717) is 18.6 Å². The fourth-order valence-electron chi connectivity index (χ4n) is 3.72. The fraction of sp³-hybridized carbons (Fsp3) is 0.316. The number of amides is 3. The van der Waals surface area contributed by atoms with Gasteiger partial charge in [-0.1, -0.05) is 29.8 Å². The Labute approximate surface area is 172 Å². The van der Waals surface area contributed by atoms with Crippen molar-refractivity contribution in [2.75, 3.05) is 13.1 Å². The Hall–Kier alpha value is -2.36. The molecule has 29 heavy (non-hydrogen) atoms. The standard InChI is InChI=1S/C19H17ClFN3O4S/c20-15-11-13(5-6-16(15)21)29(27,28)23-9-7-12(8-10-23)24-18(25)14-3-1-2-4-17(14)22-19(24)26/h1-6,11-12,14H,7-10H2. The Balaban J connectivity index is 1.49. The van der Waals surface area contributed by atoms with Gasteiger partial charge in [0.25, 0.3) is 0 Å². The monoisotopic (exact) mass is 437 g/mol. The molecule has 1 aromatic rings. The summed E-state index contributed by atoms with van der Waals surface area (Å²) in [7, 11) is -3.86. The van der Waals surface area contributed by atoms with Gasteiger partial charge in [-0.3, -0.25) is 9.69 Å². The number of rotatable bonds is 3. The second-order valence-electron chi connectivity index (χ2n) is 6.96. The molecule has 2 heterocycles. The minimum Gasteiger partial charge on any atom is -0.273 e. The number of aliphatic imine (C=N–C) groups is 1. The van der Waals surface area contributed by atoms with E-state index >= 15 is 0 Å². The first-order chi connectivity index (χ1) is 13.8. The zero-order chi connectivity index (χ0) is 20.8. The van der Waals surface area contributed by atoms with Gasteiger partial charge >= 0.3 is 6.03 Å². The Kier molecular flexibility index (Phi) is 5.14. The first-order valence-corrected chi connectivity index (χ1v) is 10.9. The van der Waals surface area contributed by atoms with Gasteiger partial charge in [0.15, 0.2) is 0 Å². The Morgan fingerprint density at radius 1 is 1.14 bits per heavy atom. The van der Waals surface area contributed by atoms with Gasteiger partial charge in [0.2, 0.25) is 15.9 Å². The van der Waals surface area contributed by atoms with Crippen molar-refractivity contribution >= 4 is 39.3 Å². The summed E-state index contributed by atoms with van der Waals surface area (Å²) in [5, 5.41) is -0.270. The van der Waals surface area contributed by atoms with Crippen LogP contribution >= 0.6 is 11.6 Å². The lowest BCUT2D eigenvalue weighted by molar-refractivity contribution is -0.131. The molecule has 3 amide bonds. The smallest absolute Gasteiger partial charge is 0.273 e. The summed E-state index contributed by atoms with van der Waals surface area (Å²) in [6.07, 6.45) is 7.37.